The lowest BCUT2D eigenvalue weighted by Crippen LogP contribution is -2.16. The van der Waals surface area contributed by atoms with Crippen molar-refractivity contribution in [2.45, 2.75) is 0 Å². The lowest BCUT2D eigenvalue weighted by atomic mass is 10.2. The topological polar surface area (TPSA) is 63.8 Å². The van der Waals surface area contributed by atoms with Gasteiger partial charge < -0.3 is 9.15 Å². The number of amides is 1. The molecule has 1 aromatic carbocycles. The predicted molar refractivity (Wildman–Crippen MR) is 83.6 cm³/mol. The number of carbonyl (C=O) groups excluding carboxylic acids is 1. The number of hydrogen-bond acceptors (Lipinski definition) is 4. The Morgan fingerprint density at radius 2 is 2.29 bits per heavy atom. The molecule has 2 rings (SSSR count). The molecule has 5 nitrogen and oxygen atoms in total. The average molecular weight is 349 g/mol. The summed E-state index contributed by atoms with van der Waals surface area (Å²) < 4.78 is 11.0. The van der Waals surface area contributed by atoms with Gasteiger partial charge in [-0.25, -0.2) is 5.43 Å². The lowest BCUT2D eigenvalue weighted by molar-refractivity contribution is 0.0926. The molecule has 0 saturated heterocycles. The van der Waals surface area contributed by atoms with Crippen molar-refractivity contribution >= 4 is 28.1 Å². The van der Waals surface area contributed by atoms with Gasteiger partial charge in [-0.1, -0.05) is 24.8 Å². The van der Waals surface area contributed by atoms with Crippen LogP contribution in [0.2, 0.25) is 0 Å². The summed E-state index contributed by atoms with van der Waals surface area (Å²) in [5.41, 5.74) is 3.19. The first-order valence-corrected chi connectivity index (χ1v) is 6.91. The van der Waals surface area contributed by atoms with Gasteiger partial charge in [-0.05, 0) is 45.8 Å². The zero-order chi connectivity index (χ0) is 15.1. The zero-order valence-electron chi connectivity index (χ0n) is 11.1. The molecule has 108 valence electrons. The molecule has 0 aliphatic rings. The summed E-state index contributed by atoms with van der Waals surface area (Å²) in [6, 6.07) is 10.5. The Hall–Kier alpha value is -2.34. The van der Waals surface area contributed by atoms with Gasteiger partial charge in [-0.15, -0.1) is 0 Å². The third-order valence-corrected chi connectivity index (χ3v) is 2.83. The number of benzene rings is 1. The summed E-state index contributed by atoms with van der Waals surface area (Å²) in [7, 11) is 0. The molecule has 1 heterocycles. The molecule has 21 heavy (non-hydrogen) atoms. The van der Waals surface area contributed by atoms with Gasteiger partial charge in [0.1, 0.15) is 12.4 Å². The highest BCUT2D eigenvalue weighted by Gasteiger charge is 2.08. The number of rotatable bonds is 6. The van der Waals surface area contributed by atoms with Gasteiger partial charge in [0.2, 0.25) is 0 Å². The molecule has 6 heteroatoms. The van der Waals surface area contributed by atoms with E-state index in [-0.39, 0.29) is 5.76 Å². The molecule has 1 amide bonds. The Morgan fingerprint density at radius 3 is 3.00 bits per heavy atom. The van der Waals surface area contributed by atoms with Gasteiger partial charge in [-0.2, -0.15) is 5.10 Å². The smallest absolute Gasteiger partial charge is 0.307 e. The summed E-state index contributed by atoms with van der Waals surface area (Å²) in [6.45, 7) is 4.02. The largest absolute Gasteiger partial charge is 0.490 e. The number of hydrogen-bond donors (Lipinski definition) is 1. The van der Waals surface area contributed by atoms with Crippen LogP contribution in [-0.4, -0.2) is 18.7 Å². The van der Waals surface area contributed by atoms with E-state index in [1.165, 1.54) is 6.21 Å². The second-order valence-corrected chi connectivity index (χ2v) is 4.76. The van der Waals surface area contributed by atoms with Crippen molar-refractivity contribution in [1.82, 2.24) is 5.43 Å². The number of carbonyl (C=O) groups is 1. The molecular weight excluding hydrogens is 336 g/mol. The maximum Gasteiger partial charge on any atom is 0.307 e. The van der Waals surface area contributed by atoms with Crippen molar-refractivity contribution in [1.29, 1.82) is 0 Å². The second-order valence-electron chi connectivity index (χ2n) is 3.98. The summed E-state index contributed by atoms with van der Waals surface area (Å²) in [5.74, 6) is 0.471. The summed E-state index contributed by atoms with van der Waals surface area (Å²) in [5, 5.41) is 3.87. The van der Waals surface area contributed by atoms with Crippen LogP contribution in [0.5, 0.6) is 5.75 Å². The van der Waals surface area contributed by atoms with Crippen LogP contribution in [0.25, 0.3) is 0 Å². The number of ether oxygens (including phenoxy) is 1. The fraction of sp³-hybridized carbons (Fsp3) is 0.0667. The molecule has 0 atom stereocenters. The molecule has 0 spiro atoms. The Labute approximate surface area is 130 Å². The third kappa shape index (κ3) is 4.61. The molecule has 0 radical (unpaired) electrons. The number of furan rings is 1. The van der Waals surface area contributed by atoms with Crippen LogP contribution in [0.15, 0.2) is 63.2 Å². The normalized spacial score (nSPS) is 10.5. The van der Waals surface area contributed by atoms with E-state index in [0.29, 0.717) is 17.0 Å². The third-order valence-electron chi connectivity index (χ3n) is 2.40. The van der Waals surface area contributed by atoms with Crippen molar-refractivity contribution in [3.63, 3.8) is 0 Å². The standard InChI is InChI=1S/C15H13BrN2O3/c1-2-8-20-12-5-3-4-11(9-12)10-17-18-15(19)13-6-7-14(16)21-13/h2-7,9-10H,1,8H2,(H,18,19). The lowest BCUT2D eigenvalue weighted by Gasteiger charge is -2.03. The van der Waals surface area contributed by atoms with Crippen molar-refractivity contribution < 1.29 is 13.9 Å². The average Bonchev–Trinajstić information content (AvgIpc) is 2.92. The SMILES string of the molecule is C=CCOc1cccc(C=NNC(=O)c2ccc(Br)o2)c1. The molecule has 0 bridgehead atoms. The Balaban J connectivity index is 1.94. The van der Waals surface area contributed by atoms with Crippen LogP contribution in [0.4, 0.5) is 0 Å². The molecule has 0 unspecified atom stereocenters. The van der Waals surface area contributed by atoms with E-state index in [4.69, 9.17) is 9.15 Å². The van der Waals surface area contributed by atoms with Crippen LogP contribution in [0.1, 0.15) is 16.1 Å². The van der Waals surface area contributed by atoms with Crippen molar-refractivity contribution in [2.75, 3.05) is 6.61 Å². The molecule has 0 saturated carbocycles. The monoisotopic (exact) mass is 348 g/mol. The number of nitrogens with zero attached hydrogens (tertiary/aromatic N) is 1. The highest BCUT2D eigenvalue weighted by molar-refractivity contribution is 9.10. The molecule has 1 aromatic heterocycles. The van der Waals surface area contributed by atoms with Crippen molar-refractivity contribution in [3.8, 4) is 5.75 Å². The Bertz CT molecular complexity index is 664. The number of halogens is 1. The number of hydrazone groups is 1. The Kier molecular flexibility index (Phi) is 5.34. The predicted octanol–water partition coefficient (Wildman–Crippen LogP) is 3.37. The van der Waals surface area contributed by atoms with E-state index < -0.39 is 5.91 Å². The van der Waals surface area contributed by atoms with Gasteiger partial charge >= 0.3 is 5.91 Å². The molecular formula is C15H13BrN2O3. The first-order valence-electron chi connectivity index (χ1n) is 6.11. The highest BCUT2D eigenvalue weighted by Crippen LogP contribution is 2.14. The van der Waals surface area contributed by atoms with Gasteiger partial charge in [0.05, 0.1) is 6.21 Å². The zero-order valence-corrected chi connectivity index (χ0v) is 12.7. The van der Waals surface area contributed by atoms with E-state index >= 15 is 0 Å². The van der Waals surface area contributed by atoms with Gasteiger partial charge in [-0.3, -0.25) is 4.79 Å². The first kappa shape index (κ1) is 15.1. The maximum atomic E-state index is 11.7. The Morgan fingerprint density at radius 1 is 1.43 bits per heavy atom. The van der Waals surface area contributed by atoms with Crippen LogP contribution in [0.3, 0.4) is 0 Å². The summed E-state index contributed by atoms with van der Waals surface area (Å²) in [6.07, 6.45) is 3.19. The second kappa shape index (κ2) is 7.44. The minimum Gasteiger partial charge on any atom is -0.490 e. The summed E-state index contributed by atoms with van der Waals surface area (Å²) in [4.78, 5) is 11.7. The molecule has 1 N–H and O–H groups in total. The molecule has 2 aromatic rings. The highest BCUT2D eigenvalue weighted by atomic mass is 79.9. The quantitative estimate of drug-likeness (QED) is 0.494. The van der Waals surface area contributed by atoms with E-state index in [0.717, 1.165) is 5.56 Å². The first-order chi connectivity index (χ1) is 10.2. The minimum atomic E-state index is -0.420. The summed E-state index contributed by atoms with van der Waals surface area (Å²) >= 11 is 3.13. The maximum absolute atomic E-state index is 11.7. The fourth-order valence-electron chi connectivity index (χ4n) is 1.50. The molecule has 0 fully saturated rings. The van der Waals surface area contributed by atoms with E-state index in [9.17, 15) is 4.79 Å². The van der Waals surface area contributed by atoms with Crippen LogP contribution in [0, 0.1) is 0 Å². The van der Waals surface area contributed by atoms with Gasteiger partial charge in [0.25, 0.3) is 0 Å². The molecule has 0 aliphatic carbocycles. The van der Waals surface area contributed by atoms with Gasteiger partial charge in [0.15, 0.2) is 10.4 Å². The van der Waals surface area contributed by atoms with E-state index in [1.807, 2.05) is 24.3 Å². The fourth-order valence-corrected chi connectivity index (χ4v) is 1.80. The van der Waals surface area contributed by atoms with Gasteiger partial charge in [0, 0.05) is 0 Å². The van der Waals surface area contributed by atoms with Crippen LogP contribution in [-0.2, 0) is 0 Å². The minimum absolute atomic E-state index is 0.182. The van der Waals surface area contributed by atoms with Crippen LogP contribution >= 0.6 is 15.9 Å². The van der Waals surface area contributed by atoms with E-state index in [2.05, 4.69) is 33.0 Å². The van der Waals surface area contributed by atoms with Crippen molar-refractivity contribution in [3.05, 3.63) is 65.0 Å². The number of nitrogens with one attached hydrogen (secondary N) is 1. The molecule has 0 aliphatic heterocycles. The van der Waals surface area contributed by atoms with E-state index in [1.54, 1.807) is 18.2 Å². The van der Waals surface area contributed by atoms with Crippen molar-refractivity contribution in [2.24, 2.45) is 5.10 Å². The van der Waals surface area contributed by atoms with Crippen LogP contribution < -0.4 is 10.2 Å².